The third-order valence-electron chi connectivity index (χ3n) is 2.05. The molecule has 0 aromatic rings. The van der Waals surface area contributed by atoms with Gasteiger partial charge in [0.05, 0.1) is 0 Å². The molecular formula is C9H20O2. The van der Waals surface area contributed by atoms with E-state index in [4.69, 9.17) is 10.2 Å². The first-order valence-corrected chi connectivity index (χ1v) is 4.23. The topological polar surface area (TPSA) is 40.5 Å². The van der Waals surface area contributed by atoms with Crippen LogP contribution in [0.2, 0.25) is 0 Å². The van der Waals surface area contributed by atoms with Gasteiger partial charge in [-0.15, -0.1) is 0 Å². The zero-order valence-corrected chi connectivity index (χ0v) is 7.80. The SMILES string of the molecule is CC(CO)CCC(C)(C)CO. The van der Waals surface area contributed by atoms with Gasteiger partial charge in [0.1, 0.15) is 0 Å². The zero-order chi connectivity index (χ0) is 8.91. The number of aliphatic hydroxyl groups excluding tert-OH is 2. The highest BCUT2D eigenvalue weighted by molar-refractivity contribution is 4.68. The molecule has 2 N–H and O–H groups in total. The van der Waals surface area contributed by atoms with Crippen LogP contribution in [0.5, 0.6) is 0 Å². The normalized spacial score (nSPS) is 15.0. The van der Waals surface area contributed by atoms with Crippen molar-refractivity contribution in [1.29, 1.82) is 0 Å². The summed E-state index contributed by atoms with van der Waals surface area (Å²) in [6.45, 7) is 6.58. The highest BCUT2D eigenvalue weighted by Crippen LogP contribution is 2.23. The van der Waals surface area contributed by atoms with E-state index in [0.29, 0.717) is 5.92 Å². The zero-order valence-electron chi connectivity index (χ0n) is 7.80. The van der Waals surface area contributed by atoms with Gasteiger partial charge in [-0.2, -0.15) is 0 Å². The molecule has 0 aliphatic heterocycles. The van der Waals surface area contributed by atoms with Gasteiger partial charge in [0, 0.05) is 13.2 Å². The molecule has 68 valence electrons. The van der Waals surface area contributed by atoms with E-state index in [9.17, 15) is 0 Å². The van der Waals surface area contributed by atoms with Gasteiger partial charge in [-0.25, -0.2) is 0 Å². The van der Waals surface area contributed by atoms with Gasteiger partial charge in [0.2, 0.25) is 0 Å². The summed E-state index contributed by atoms with van der Waals surface area (Å²) in [5.74, 6) is 0.362. The molecule has 0 aromatic carbocycles. The van der Waals surface area contributed by atoms with Crippen LogP contribution in [0.4, 0.5) is 0 Å². The van der Waals surface area contributed by atoms with Crippen molar-refractivity contribution in [1.82, 2.24) is 0 Å². The summed E-state index contributed by atoms with van der Waals surface area (Å²) in [6.07, 6.45) is 1.97. The molecule has 0 aromatic heterocycles. The van der Waals surface area contributed by atoms with Gasteiger partial charge in [0.15, 0.2) is 0 Å². The van der Waals surface area contributed by atoms with Crippen LogP contribution in [0, 0.1) is 11.3 Å². The fourth-order valence-electron chi connectivity index (χ4n) is 0.807. The second kappa shape index (κ2) is 4.73. The van der Waals surface area contributed by atoms with E-state index in [1.54, 1.807) is 0 Å². The highest BCUT2D eigenvalue weighted by Gasteiger charge is 2.16. The lowest BCUT2D eigenvalue weighted by Gasteiger charge is -2.22. The molecule has 11 heavy (non-hydrogen) atoms. The Morgan fingerprint density at radius 3 is 2.18 bits per heavy atom. The molecule has 0 rings (SSSR count). The van der Waals surface area contributed by atoms with Crippen LogP contribution < -0.4 is 0 Å². The quantitative estimate of drug-likeness (QED) is 0.638. The molecule has 0 heterocycles. The summed E-state index contributed by atoms with van der Waals surface area (Å²) in [7, 11) is 0. The fraction of sp³-hybridized carbons (Fsp3) is 1.00. The van der Waals surface area contributed by atoms with Gasteiger partial charge in [-0.05, 0) is 24.2 Å². The molecule has 1 unspecified atom stereocenters. The van der Waals surface area contributed by atoms with E-state index in [2.05, 4.69) is 0 Å². The van der Waals surface area contributed by atoms with E-state index in [1.807, 2.05) is 20.8 Å². The lowest BCUT2D eigenvalue weighted by atomic mass is 9.86. The molecule has 0 saturated carbocycles. The van der Waals surface area contributed by atoms with Crippen molar-refractivity contribution in [3.05, 3.63) is 0 Å². The van der Waals surface area contributed by atoms with E-state index in [1.165, 1.54) is 0 Å². The van der Waals surface area contributed by atoms with Crippen LogP contribution in [-0.4, -0.2) is 23.4 Å². The van der Waals surface area contributed by atoms with Crippen molar-refractivity contribution in [2.75, 3.05) is 13.2 Å². The Morgan fingerprint density at radius 1 is 1.27 bits per heavy atom. The van der Waals surface area contributed by atoms with Crippen LogP contribution in [0.25, 0.3) is 0 Å². The molecular weight excluding hydrogens is 140 g/mol. The Bertz CT molecular complexity index is 99.7. The molecule has 0 bridgehead atoms. The lowest BCUT2D eigenvalue weighted by molar-refractivity contribution is 0.133. The summed E-state index contributed by atoms with van der Waals surface area (Å²) in [4.78, 5) is 0. The molecule has 0 amide bonds. The van der Waals surface area contributed by atoms with Gasteiger partial charge in [-0.3, -0.25) is 0 Å². The second-order valence-corrected chi connectivity index (χ2v) is 4.15. The van der Waals surface area contributed by atoms with Crippen molar-refractivity contribution >= 4 is 0 Å². The third-order valence-corrected chi connectivity index (χ3v) is 2.05. The molecule has 0 radical (unpaired) electrons. The molecule has 1 atom stereocenters. The van der Waals surface area contributed by atoms with Crippen LogP contribution in [0.3, 0.4) is 0 Å². The van der Waals surface area contributed by atoms with Crippen molar-refractivity contribution in [3.63, 3.8) is 0 Å². The van der Waals surface area contributed by atoms with E-state index in [-0.39, 0.29) is 18.6 Å². The molecule has 0 aliphatic rings. The third kappa shape index (κ3) is 5.22. The number of hydrogen-bond donors (Lipinski definition) is 2. The summed E-state index contributed by atoms with van der Waals surface area (Å²) in [5.41, 5.74) is 0.0173. The van der Waals surface area contributed by atoms with Crippen LogP contribution >= 0.6 is 0 Å². The van der Waals surface area contributed by atoms with Gasteiger partial charge >= 0.3 is 0 Å². The minimum absolute atomic E-state index is 0.0173. The molecule has 2 heteroatoms. The van der Waals surface area contributed by atoms with Crippen LogP contribution in [0.15, 0.2) is 0 Å². The Balaban J connectivity index is 3.52. The highest BCUT2D eigenvalue weighted by atomic mass is 16.3. The minimum atomic E-state index is 0.0173. The Morgan fingerprint density at radius 2 is 1.82 bits per heavy atom. The average molecular weight is 160 g/mol. The van der Waals surface area contributed by atoms with Crippen molar-refractivity contribution in [3.8, 4) is 0 Å². The first-order valence-electron chi connectivity index (χ1n) is 4.23. The van der Waals surface area contributed by atoms with Crippen molar-refractivity contribution in [2.45, 2.75) is 33.6 Å². The lowest BCUT2D eigenvalue weighted by Crippen LogP contribution is -2.18. The summed E-state index contributed by atoms with van der Waals surface area (Å²) in [6, 6.07) is 0. The second-order valence-electron chi connectivity index (χ2n) is 4.15. The smallest absolute Gasteiger partial charge is 0.0482 e. The largest absolute Gasteiger partial charge is 0.396 e. The average Bonchev–Trinajstić information content (AvgIpc) is 2.00. The monoisotopic (exact) mass is 160 g/mol. The molecule has 2 nitrogen and oxygen atoms in total. The Hall–Kier alpha value is -0.0800. The molecule has 0 aliphatic carbocycles. The maximum Gasteiger partial charge on any atom is 0.0482 e. The minimum Gasteiger partial charge on any atom is -0.396 e. The Kier molecular flexibility index (Phi) is 4.69. The maximum atomic E-state index is 8.92. The number of rotatable bonds is 5. The maximum absolute atomic E-state index is 8.92. The fourth-order valence-corrected chi connectivity index (χ4v) is 0.807. The predicted molar refractivity (Wildman–Crippen MR) is 46.4 cm³/mol. The standard InChI is InChI=1S/C9H20O2/c1-8(6-10)4-5-9(2,3)7-11/h8,10-11H,4-7H2,1-3H3. The summed E-state index contributed by atoms with van der Waals surface area (Å²) < 4.78 is 0. The van der Waals surface area contributed by atoms with Gasteiger partial charge in [-0.1, -0.05) is 20.8 Å². The van der Waals surface area contributed by atoms with E-state index >= 15 is 0 Å². The van der Waals surface area contributed by atoms with Crippen molar-refractivity contribution in [2.24, 2.45) is 11.3 Å². The first kappa shape index (κ1) is 10.9. The Labute approximate surface area is 69.2 Å². The number of hydrogen-bond acceptors (Lipinski definition) is 2. The first-order chi connectivity index (χ1) is 5.02. The van der Waals surface area contributed by atoms with Gasteiger partial charge < -0.3 is 10.2 Å². The van der Waals surface area contributed by atoms with Crippen molar-refractivity contribution < 1.29 is 10.2 Å². The predicted octanol–water partition coefficient (Wildman–Crippen LogP) is 1.41. The molecule has 0 fully saturated rings. The van der Waals surface area contributed by atoms with E-state index in [0.717, 1.165) is 12.8 Å². The summed E-state index contributed by atoms with van der Waals surface area (Å²) >= 11 is 0. The van der Waals surface area contributed by atoms with Crippen LogP contribution in [-0.2, 0) is 0 Å². The van der Waals surface area contributed by atoms with E-state index < -0.39 is 0 Å². The molecule has 0 spiro atoms. The van der Waals surface area contributed by atoms with Crippen LogP contribution in [0.1, 0.15) is 33.6 Å². The number of aliphatic hydroxyl groups is 2. The molecule has 0 saturated heterocycles. The summed E-state index contributed by atoms with van der Waals surface area (Å²) in [5, 5.41) is 17.7. The van der Waals surface area contributed by atoms with Gasteiger partial charge in [0.25, 0.3) is 0 Å².